The molecule has 0 aliphatic heterocycles. The van der Waals surface area contributed by atoms with E-state index in [1.165, 1.54) is 16.0 Å². The van der Waals surface area contributed by atoms with Crippen molar-refractivity contribution in [2.75, 3.05) is 0 Å². The molecule has 1 N–H and O–H groups in total. The molecule has 152 valence electrons. The molecule has 0 saturated carbocycles. The van der Waals surface area contributed by atoms with Gasteiger partial charge in [-0.3, -0.25) is 9.89 Å². The van der Waals surface area contributed by atoms with Crippen molar-refractivity contribution >= 4 is 49.4 Å². The fourth-order valence-electron chi connectivity index (χ4n) is 3.31. The summed E-state index contributed by atoms with van der Waals surface area (Å²) in [5.74, 6) is 0. The molecule has 5 aromatic rings. The van der Waals surface area contributed by atoms with Gasteiger partial charge in [-0.25, -0.2) is 4.98 Å². The maximum Gasteiger partial charge on any atom is 0.301 e. The van der Waals surface area contributed by atoms with Crippen LogP contribution in [0.1, 0.15) is 5.69 Å². The summed E-state index contributed by atoms with van der Waals surface area (Å²) in [5.41, 5.74) is 3.14. The highest BCUT2D eigenvalue weighted by molar-refractivity contribution is 9.10. The SMILES string of the molecule is Cc1[nH]n(-c2nc(-c3ccc(Br)cc3)cs2)c(=O)c1N=Nc1cccc2ccccc12. The van der Waals surface area contributed by atoms with Crippen molar-refractivity contribution in [1.29, 1.82) is 0 Å². The first-order valence-electron chi connectivity index (χ1n) is 9.53. The van der Waals surface area contributed by atoms with Gasteiger partial charge in [-0.2, -0.15) is 4.68 Å². The highest BCUT2D eigenvalue weighted by atomic mass is 79.9. The second-order valence-corrected chi connectivity index (χ2v) is 8.70. The number of halogens is 1. The number of hydrogen-bond donors (Lipinski definition) is 1. The van der Waals surface area contributed by atoms with E-state index in [1.54, 1.807) is 6.92 Å². The number of nitrogens with zero attached hydrogens (tertiary/aromatic N) is 4. The predicted molar refractivity (Wildman–Crippen MR) is 128 cm³/mol. The molecule has 0 aliphatic carbocycles. The first-order chi connectivity index (χ1) is 15.1. The smallest absolute Gasteiger partial charge is 0.291 e. The van der Waals surface area contributed by atoms with Gasteiger partial charge in [-0.15, -0.1) is 21.6 Å². The van der Waals surface area contributed by atoms with Crippen LogP contribution >= 0.6 is 27.3 Å². The number of aromatic amines is 1. The minimum absolute atomic E-state index is 0.272. The van der Waals surface area contributed by atoms with Crippen LogP contribution in [0.4, 0.5) is 11.4 Å². The van der Waals surface area contributed by atoms with Crippen LogP contribution in [0.5, 0.6) is 0 Å². The molecule has 31 heavy (non-hydrogen) atoms. The van der Waals surface area contributed by atoms with Gasteiger partial charge in [0, 0.05) is 20.8 Å². The first-order valence-corrected chi connectivity index (χ1v) is 11.2. The Hall–Kier alpha value is -3.36. The number of fused-ring (bicyclic) bond motifs is 1. The van der Waals surface area contributed by atoms with Crippen LogP contribution < -0.4 is 5.56 Å². The summed E-state index contributed by atoms with van der Waals surface area (Å²) in [5, 5.41) is 16.3. The van der Waals surface area contributed by atoms with Crippen molar-refractivity contribution in [2.45, 2.75) is 6.92 Å². The third-order valence-corrected chi connectivity index (χ3v) is 6.24. The van der Waals surface area contributed by atoms with Crippen molar-refractivity contribution in [1.82, 2.24) is 14.8 Å². The Morgan fingerprint density at radius 2 is 1.77 bits per heavy atom. The maximum atomic E-state index is 13.0. The van der Waals surface area contributed by atoms with E-state index in [9.17, 15) is 4.79 Å². The largest absolute Gasteiger partial charge is 0.301 e. The highest BCUT2D eigenvalue weighted by Gasteiger charge is 2.15. The van der Waals surface area contributed by atoms with Gasteiger partial charge in [0.15, 0.2) is 5.69 Å². The Morgan fingerprint density at radius 3 is 2.61 bits per heavy atom. The second-order valence-electron chi connectivity index (χ2n) is 6.95. The van der Waals surface area contributed by atoms with Gasteiger partial charge in [0.1, 0.15) is 0 Å². The monoisotopic (exact) mass is 489 g/mol. The van der Waals surface area contributed by atoms with Gasteiger partial charge in [0.05, 0.1) is 17.1 Å². The molecule has 8 heteroatoms. The summed E-state index contributed by atoms with van der Waals surface area (Å²) in [7, 11) is 0. The fraction of sp³-hybridized carbons (Fsp3) is 0.0435. The van der Waals surface area contributed by atoms with Crippen LogP contribution in [0, 0.1) is 6.92 Å². The minimum atomic E-state index is -0.279. The number of benzene rings is 3. The van der Waals surface area contributed by atoms with Crippen molar-refractivity contribution in [2.24, 2.45) is 10.2 Å². The van der Waals surface area contributed by atoms with E-state index in [2.05, 4.69) is 36.2 Å². The number of azo groups is 1. The van der Waals surface area contributed by atoms with Gasteiger partial charge < -0.3 is 0 Å². The zero-order chi connectivity index (χ0) is 21.4. The number of thiazole rings is 1. The Bertz CT molecular complexity index is 1470. The number of rotatable bonds is 4. The first kappa shape index (κ1) is 19.6. The van der Waals surface area contributed by atoms with E-state index in [-0.39, 0.29) is 11.2 Å². The predicted octanol–water partition coefficient (Wildman–Crippen LogP) is 6.93. The van der Waals surface area contributed by atoms with Crippen LogP contribution in [0.3, 0.4) is 0 Å². The Morgan fingerprint density at radius 1 is 1.00 bits per heavy atom. The number of hydrogen-bond acceptors (Lipinski definition) is 5. The summed E-state index contributed by atoms with van der Waals surface area (Å²) in [4.78, 5) is 17.6. The molecule has 0 aliphatic rings. The van der Waals surface area contributed by atoms with Crippen LogP contribution in [0.25, 0.3) is 27.2 Å². The molecule has 0 amide bonds. The summed E-state index contributed by atoms with van der Waals surface area (Å²) in [6.45, 7) is 1.80. The lowest BCUT2D eigenvalue weighted by Crippen LogP contribution is -2.13. The summed E-state index contributed by atoms with van der Waals surface area (Å²) < 4.78 is 2.42. The highest BCUT2D eigenvalue weighted by Crippen LogP contribution is 2.28. The quantitative estimate of drug-likeness (QED) is 0.278. The average molecular weight is 490 g/mol. The molecule has 2 heterocycles. The number of nitrogens with one attached hydrogen (secondary N) is 1. The standard InChI is InChI=1S/C23H16BrN5OS/c1-14-21(27-26-19-8-4-6-15-5-2-3-7-18(15)19)22(30)29(28-14)23-25-20(13-31-23)16-9-11-17(24)12-10-16/h2-13,28H,1H3. The molecule has 0 atom stereocenters. The normalized spacial score (nSPS) is 11.5. The lowest BCUT2D eigenvalue weighted by molar-refractivity contribution is 0.827. The van der Waals surface area contributed by atoms with E-state index in [0.717, 1.165) is 32.2 Å². The Balaban J connectivity index is 1.50. The van der Waals surface area contributed by atoms with Crippen molar-refractivity contribution in [3.63, 3.8) is 0 Å². The average Bonchev–Trinajstić information content (AvgIpc) is 3.38. The third kappa shape index (κ3) is 3.75. The van der Waals surface area contributed by atoms with Crippen LogP contribution in [-0.2, 0) is 0 Å². The number of H-pyrrole nitrogens is 1. The van der Waals surface area contributed by atoms with Crippen molar-refractivity contribution < 1.29 is 0 Å². The summed E-state index contributed by atoms with van der Waals surface area (Å²) in [6, 6.07) is 21.7. The van der Waals surface area contributed by atoms with E-state index >= 15 is 0 Å². The molecule has 0 bridgehead atoms. The zero-order valence-corrected chi connectivity index (χ0v) is 18.8. The van der Waals surface area contributed by atoms with Crippen molar-refractivity contribution in [3.05, 3.63) is 92.6 Å². The molecule has 0 fully saturated rings. The minimum Gasteiger partial charge on any atom is -0.291 e. The van der Waals surface area contributed by atoms with Gasteiger partial charge in [-0.05, 0) is 30.5 Å². The topological polar surface area (TPSA) is 75.4 Å². The zero-order valence-electron chi connectivity index (χ0n) is 16.4. The molecule has 0 unspecified atom stereocenters. The van der Waals surface area contributed by atoms with Gasteiger partial charge in [-0.1, -0.05) is 64.5 Å². The molecular weight excluding hydrogens is 474 g/mol. The van der Waals surface area contributed by atoms with E-state index in [4.69, 9.17) is 0 Å². The van der Waals surface area contributed by atoms with Gasteiger partial charge in [0.25, 0.3) is 0 Å². The summed E-state index contributed by atoms with van der Waals surface area (Å²) >= 11 is 4.83. The number of aromatic nitrogens is 3. The van der Waals surface area contributed by atoms with Crippen molar-refractivity contribution in [3.8, 4) is 16.4 Å². The van der Waals surface area contributed by atoms with Crippen LogP contribution in [0.2, 0.25) is 0 Å². The molecule has 0 spiro atoms. The van der Waals surface area contributed by atoms with Crippen LogP contribution in [-0.4, -0.2) is 14.8 Å². The number of aryl methyl sites for hydroxylation is 1. The molecule has 6 nitrogen and oxygen atoms in total. The van der Waals surface area contributed by atoms with E-state index in [1.807, 2.05) is 72.1 Å². The molecule has 0 saturated heterocycles. The molecule has 3 aromatic carbocycles. The Labute approximate surface area is 190 Å². The van der Waals surface area contributed by atoms with Gasteiger partial charge in [0.2, 0.25) is 5.13 Å². The molecule has 5 rings (SSSR count). The lowest BCUT2D eigenvalue weighted by atomic mass is 10.1. The third-order valence-electron chi connectivity index (χ3n) is 4.89. The molecule has 2 aromatic heterocycles. The van der Waals surface area contributed by atoms with Gasteiger partial charge >= 0.3 is 5.56 Å². The Kier molecular flexibility index (Phi) is 5.09. The van der Waals surface area contributed by atoms with E-state index in [0.29, 0.717) is 10.8 Å². The molecule has 0 radical (unpaired) electrons. The summed E-state index contributed by atoms with van der Waals surface area (Å²) in [6.07, 6.45) is 0. The fourth-order valence-corrected chi connectivity index (χ4v) is 4.36. The van der Waals surface area contributed by atoms with E-state index < -0.39 is 0 Å². The maximum absolute atomic E-state index is 13.0. The van der Waals surface area contributed by atoms with Crippen LogP contribution in [0.15, 0.2) is 91.6 Å². The molecular formula is C23H16BrN5OS. The lowest BCUT2D eigenvalue weighted by Gasteiger charge is -1.99. The second kappa shape index (κ2) is 8.05.